The van der Waals surface area contributed by atoms with Gasteiger partial charge in [0.1, 0.15) is 0 Å². The maximum atomic E-state index is 12.3. The lowest BCUT2D eigenvalue weighted by Gasteiger charge is -2.06. The molecule has 0 N–H and O–H groups in total. The van der Waals surface area contributed by atoms with Gasteiger partial charge in [-0.3, -0.25) is 4.52 Å². The molecule has 0 spiro atoms. The van der Waals surface area contributed by atoms with Crippen molar-refractivity contribution in [3.05, 3.63) is 0 Å². The molecule has 0 aliphatic carbocycles. The molecule has 0 aliphatic heterocycles. The van der Waals surface area contributed by atoms with Gasteiger partial charge in [0.15, 0.2) is 0 Å². The Morgan fingerprint density at radius 2 is 1.53 bits per heavy atom. The second kappa shape index (κ2) is 9.92. The molecule has 15 heavy (non-hydrogen) atoms. The molecular formula is C7H15FIO5P. The zero-order valence-electron chi connectivity index (χ0n) is 8.49. The molecule has 0 radical (unpaired) electrons. The summed E-state index contributed by atoms with van der Waals surface area (Å²) in [5.74, 6) is 0. The molecule has 5 nitrogen and oxygen atoms in total. The van der Waals surface area contributed by atoms with E-state index in [1.165, 1.54) is 0 Å². The second-order valence-electron chi connectivity index (χ2n) is 2.47. The largest absolute Gasteiger partial charge is 0.424 e. The van der Waals surface area contributed by atoms with Gasteiger partial charge in [-0.15, -0.1) is 4.20 Å². The average molecular weight is 356 g/mol. The second-order valence-corrected chi connectivity index (χ2v) is 7.01. The molecule has 8 heteroatoms. The molecule has 0 amide bonds. The van der Waals surface area contributed by atoms with Gasteiger partial charge in [-0.25, -0.2) is 4.57 Å². The van der Waals surface area contributed by atoms with Crippen LogP contribution in [0.4, 0.5) is 4.20 Å². The maximum Gasteiger partial charge on any atom is 0.424 e. The van der Waals surface area contributed by atoms with Crippen molar-refractivity contribution in [1.29, 1.82) is 0 Å². The Labute approximate surface area is 102 Å². The van der Waals surface area contributed by atoms with Crippen molar-refractivity contribution in [3.63, 3.8) is 0 Å². The standard InChI is InChI=1S/C7H15FIO5P/c1-11-2-3-12-4-5-13-6-7-14-15(8,9)10/h2-7H2,1H3. The molecule has 0 saturated heterocycles. The van der Waals surface area contributed by atoms with Crippen LogP contribution >= 0.6 is 27.4 Å². The van der Waals surface area contributed by atoms with Crippen molar-refractivity contribution in [1.82, 2.24) is 0 Å². The minimum atomic E-state index is -3.89. The van der Waals surface area contributed by atoms with E-state index in [0.29, 0.717) is 26.4 Å². The van der Waals surface area contributed by atoms with E-state index in [2.05, 4.69) is 4.52 Å². The Hall–Kier alpha value is 0.730. The summed E-state index contributed by atoms with van der Waals surface area (Å²) in [7, 11) is 1.59. The van der Waals surface area contributed by atoms with Crippen molar-refractivity contribution in [2.24, 2.45) is 0 Å². The van der Waals surface area contributed by atoms with Crippen molar-refractivity contribution >= 4 is 27.4 Å². The number of ether oxygens (including phenoxy) is 3. The number of methoxy groups -OCH3 is 1. The first kappa shape index (κ1) is 15.7. The fourth-order valence-corrected chi connectivity index (χ4v) is 1.54. The lowest BCUT2D eigenvalue weighted by Crippen LogP contribution is -2.10. The molecule has 0 aromatic carbocycles. The fraction of sp³-hybridized carbons (Fsp3) is 1.00. The highest BCUT2D eigenvalue weighted by Crippen LogP contribution is 2.57. The van der Waals surface area contributed by atoms with E-state index in [0.717, 1.165) is 22.0 Å². The van der Waals surface area contributed by atoms with Crippen LogP contribution in [0, 0.1) is 0 Å². The number of rotatable bonds is 10. The Balaban J connectivity index is 3.02. The summed E-state index contributed by atoms with van der Waals surface area (Å²) in [6, 6.07) is 0. The zero-order valence-corrected chi connectivity index (χ0v) is 11.5. The molecule has 0 fully saturated rings. The van der Waals surface area contributed by atoms with Crippen LogP contribution in [-0.2, 0) is 23.3 Å². The summed E-state index contributed by atoms with van der Waals surface area (Å²) in [4.78, 5) is 0. The number of halogens is 2. The van der Waals surface area contributed by atoms with Crippen LogP contribution in [0.3, 0.4) is 0 Å². The van der Waals surface area contributed by atoms with Crippen LogP contribution in [0.25, 0.3) is 0 Å². The van der Waals surface area contributed by atoms with E-state index < -0.39 is 5.32 Å². The summed E-state index contributed by atoms with van der Waals surface area (Å²) in [5, 5.41) is -3.89. The average Bonchev–Trinajstić information content (AvgIpc) is 2.14. The topological polar surface area (TPSA) is 54.0 Å². The Morgan fingerprint density at radius 1 is 1.07 bits per heavy atom. The van der Waals surface area contributed by atoms with Crippen molar-refractivity contribution in [2.45, 2.75) is 0 Å². The van der Waals surface area contributed by atoms with Gasteiger partial charge in [0.05, 0.1) is 61.7 Å². The van der Waals surface area contributed by atoms with Gasteiger partial charge in [0.2, 0.25) is 0 Å². The summed E-state index contributed by atoms with van der Waals surface area (Å²) in [6.07, 6.45) is 0. The van der Waals surface area contributed by atoms with Gasteiger partial charge < -0.3 is 14.2 Å². The third-order valence-electron chi connectivity index (χ3n) is 1.27. The minimum absolute atomic E-state index is 0.0191. The SMILES string of the molecule is COCCOCCOCCOP(=O)(F)I. The normalized spacial score (nSPS) is 15.1. The van der Waals surface area contributed by atoms with E-state index in [1.807, 2.05) is 0 Å². The molecule has 1 unspecified atom stereocenters. The van der Waals surface area contributed by atoms with Crippen molar-refractivity contribution in [3.8, 4) is 0 Å². The van der Waals surface area contributed by atoms with Crippen molar-refractivity contribution in [2.75, 3.05) is 46.8 Å². The number of hydrogen-bond donors (Lipinski definition) is 0. The summed E-state index contributed by atoms with van der Waals surface area (Å²) >= 11 is 1.13. The van der Waals surface area contributed by atoms with Crippen LogP contribution in [0.5, 0.6) is 0 Å². The van der Waals surface area contributed by atoms with E-state index >= 15 is 0 Å². The highest BCUT2D eigenvalue weighted by atomic mass is 127. The molecule has 0 aliphatic rings. The van der Waals surface area contributed by atoms with E-state index in [4.69, 9.17) is 14.2 Å². The summed E-state index contributed by atoms with van der Waals surface area (Å²) in [6.45, 7) is 2.08. The third kappa shape index (κ3) is 14.7. The predicted octanol–water partition coefficient (Wildman–Crippen LogP) is 2.20. The Bertz CT molecular complexity index is 188. The van der Waals surface area contributed by atoms with E-state index in [1.54, 1.807) is 7.11 Å². The van der Waals surface area contributed by atoms with Crippen LogP contribution in [-0.4, -0.2) is 46.8 Å². The van der Waals surface area contributed by atoms with Gasteiger partial charge in [0, 0.05) is 7.11 Å². The molecule has 92 valence electrons. The van der Waals surface area contributed by atoms with Gasteiger partial charge in [-0.1, -0.05) is 0 Å². The minimum Gasteiger partial charge on any atom is -0.382 e. The molecule has 0 aromatic rings. The molecule has 0 saturated carbocycles. The zero-order chi connectivity index (χ0) is 11.6. The van der Waals surface area contributed by atoms with E-state index in [-0.39, 0.29) is 13.2 Å². The fourth-order valence-electron chi connectivity index (χ4n) is 0.667. The first-order valence-electron chi connectivity index (χ1n) is 4.34. The van der Waals surface area contributed by atoms with Gasteiger partial charge in [-0.05, 0) is 0 Å². The van der Waals surface area contributed by atoms with Gasteiger partial charge in [-0.2, -0.15) is 0 Å². The first-order valence-corrected chi connectivity index (χ1v) is 8.64. The number of hydrogen-bond acceptors (Lipinski definition) is 5. The van der Waals surface area contributed by atoms with Crippen LogP contribution in [0.2, 0.25) is 0 Å². The van der Waals surface area contributed by atoms with Crippen LogP contribution < -0.4 is 0 Å². The molecule has 0 rings (SSSR count). The lowest BCUT2D eigenvalue weighted by molar-refractivity contribution is 0.0180. The quantitative estimate of drug-likeness (QED) is 0.341. The van der Waals surface area contributed by atoms with Crippen molar-refractivity contribution < 1.29 is 27.5 Å². The summed E-state index contributed by atoms with van der Waals surface area (Å²) in [5.41, 5.74) is 0. The van der Waals surface area contributed by atoms with E-state index in [9.17, 15) is 8.76 Å². The Kier molecular flexibility index (Phi) is 10.4. The lowest BCUT2D eigenvalue weighted by atomic mass is 10.7. The smallest absolute Gasteiger partial charge is 0.382 e. The van der Waals surface area contributed by atoms with Crippen LogP contribution in [0.1, 0.15) is 0 Å². The molecule has 0 heterocycles. The third-order valence-corrected chi connectivity index (χ3v) is 2.59. The molecular weight excluding hydrogens is 341 g/mol. The summed E-state index contributed by atoms with van der Waals surface area (Å²) < 4.78 is 42.0. The predicted molar refractivity (Wildman–Crippen MR) is 62.2 cm³/mol. The maximum absolute atomic E-state index is 12.3. The van der Waals surface area contributed by atoms with Gasteiger partial charge >= 0.3 is 5.32 Å². The first-order chi connectivity index (χ1) is 7.06. The Morgan fingerprint density at radius 3 is 2.00 bits per heavy atom. The highest BCUT2D eigenvalue weighted by molar-refractivity contribution is 14.2. The molecule has 0 aromatic heterocycles. The van der Waals surface area contributed by atoms with Gasteiger partial charge in [0.25, 0.3) is 0 Å². The monoisotopic (exact) mass is 356 g/mol. The van der Waals surface area contributed by atoms with Crippen LogP contribution in [0.15, 0.2) is 0 Å². The highest BCUT2D eigenvalue weighted by Gasteiger charge is 2.14. The molecule has 0 bridgehead atoms. The molecule has 1 atom stereocenters.